The lowest BCUT2D eigenvalue weighted by Crippen LogP contribution is -2.08. The Morgan fingerprint density at radius 3 is 2.68 bits per heavy atom. The quantitative estimate of drug-likeness (QED) is 0.482. The van der Waals surface area contributed by atoms with E-state index < -0.39 is 0 Å². The highest BCUT2D eigenvalue weighted by Gasteiger charge is 2.16. The van der Waals surface area contributed by atoms with Crippen molar-refractivity contribution < 1.29 is 9.84 Å². The Hall–Kier alpha value is -2.96. The maximum Gasteiger partial charge on any atom is 0.138 e. The maximum atomic E-state index is 9.60. The second-order valence-corrected chi connectivity index (χ2v) is 7.52. The van der Waals surface area contributed by atoms with Crippen LogP contribution in [0, 0.1) is 0 Å². The summed E-state index contributed by atoms with van der Waals surface area (Å²) in [6, 6.07) is 18.3. The molecule has 5 nitrogen and oxygen atoms in total. The number of aromatic nitrogens is 2. The Morgan fingerprint density at radius 1 is 1.11 bits per heavy atom. The van der Waals surface area contributed by atoms with Gasteiger partial charge in [-0.25, -0.2) is 9.97 Å². The Labute approximate surface area is 167 Å². The van der Waals surface area contributed by atoms with Gasteiger partial charge in [-0.2, -0.15) is 0 Å². The molecule has 4 aromatic rings. The molecule has 0 amide bonds. The minimum absolute atomic E-state index is 0.0664. The Morgan fingerprint density at radius 2 is 1.93 bits per heavy atom. The van der Waals surface area contributed by atoms with Gasteiger partial charge < -0.3 is 15.2 Å². The molecule has 0 bridgehead atoms. The lowest BCUT2D eigenvalue weighted by molar-refractivity contribution is 0.274. The Bertz CT molecular complexity index is 1100. The number of hydrogen-bond donors (Lipinski definition) is 2. The van der Waals surface area contributed by atoms with Crippen LogP contribution in [-0.4, -0.2) is 22.2 Å². The van der Waals surface area contributed by atoms with E-state index >= 15 is 0 Å². The number of hydrogen-bond acceptors (Lipinski definition) is 6. The van der Waals surface area contributed by atoms with Crippen LogP contribution < -0.4 is 10.1 Å². The van der Waals surface area contributed by atoms with Crippen molar-refractivity contribution in [3.8, 4) is 16.2 Å². The van der Waals surface area contributed by atoms with Gasteiger partial charge in [0.05, 0.1) is 19.1 Å². The van der Waals surface area contributed by atoms with E-state index in [0.717, 1.165) is 32.0 Å². The lowest BCUT2D eigenvalue weighted by Gasteiger charge is -2.15. The third kappa shape index (κ3) is 3.44. The lowest BCUT2D eigenvalue weighted by atomic mass is 10.1. The predicted octanol–water partition coefficient (Wildman–Crippen LogP) is 5.03. The highest BCUT2D eigenvalue weighted by atomic mass is 32.1. The average Bonchev–Trinajstić information content (AvgIpc) is 3.19. The molecule has 0 fully saturated rings. The number of aliphatic hydroxyl groups excluding tert-OH is 1. The third-order valence-corrected chi connectivity index (χ3v) is 5.80. The molecule has 0 aliphatic carbocycles. The summed E-state index contributed by atoms with van der Waals surface area (Å²) in [5, 5.41) is 14.1. The van der Waals surface area contributed by atoms with Crippen LogP contribution in [0.25, 0.3) is 20.7 Å². The first kappa shape index (κ1) is 18.4. The van der Waals surface area contributed by atoms with Crippen molar-refractivity contribution in [2.45, 2.75) is 19.6 Å². The minimum Gasteiger partial charge on any atom is -0.496 e. The fraction of sp³-hybridized carbons (Fsp3) is 0.182. The summed E-state index contributed by atoms with van der Waals surface area (Å²) >= 11 is 1.58. The summed E-state index contributed by atoms with van der Waals surface area (Å²) in [6.45, 7) is 2.05. The number of nitrogens with zero attached hydrogens (tertiary/aromatic N) is 2. The van der Waals surface area contributed by atoms with E-state index in [9.17, 15) is 5.11 Å². The van der Waals surface area contributed by atoms with Gasteiger partial charge in [-0.1, -0.05) is 42.5 Å². The van der Waals surface area contributed by atoms with Gasteiger partial charge in [0.15, 0.2) is 0 Å². The van der Waals surface area contributed by atoms with Gasteiger partial charge in [0.1, 0.15) is 22.7 Å². The second-order valence-electron chi connectivity index (χ2n) is 6.48. The van der Waals surface area contributed by atoms with Crippen LogP contribution in [0.15, 0.2) is 60.9 Å². The van der Waals surface area contributed by atoms with E-state index in [4.69, 9.17) is 4.74 Å². The zero-order valence-corrected chi connectivity index (χ0v) is 16.5. The molecule has 0 saturated carbocycles. The molecule has 28 heavy (non-hydrogen) atoms. The molecular weight excluding hydrogens is 370 g/mol. The number of ether oxygens (including phenoxy) is 1. The molecule has 1 unspecified atom stereocenters. The fourth-order valence-electron chi connectivity index (χ4n) is 3.28. The first-order chi connectivity index (χ1) is 13.7. The minimum atomic E-state index is -0.0664. The maximum absolute atomic E-state index is 9.60. The van der Waals surface area contributed by atoms with Gasteiger partial charge in [-0.05, 0) is 24.6 Å². The molecule has 0 spiro atoms. The zero-order valence-electron chi connectivity index (χ0n) is 15.7. The van der Waals surface area contributed by atoms with Crippen LogP contribution in [-0.2, 0) is 6.61 Å². The van der Waals surface area contributed by atoms with Gasteiger partial charge in [-0.3, -0.25) is 0 Å². The van der Waals surface area contributed by atoms with Gasteiger partial charge in [0.25, 0.3) is 0 Å². The van der Waals surface area contributed by atoms with Crippen molar-refractivity contribution in [2.75, 3.05) is 12.4 Å². The summed E-state index contributed by atoms with van der Waals surface area (Å²) in [6.07, 6.45) is 1.59. The van der Waals surface area contributed by atoms with Crippen molar-refractivity contribution in [1.29, 1.82) is 0 Å². The van der Waals surface area contributed by atoms with Gasteiger partial charge in [0, 0.05) is 22.0 Å². The van der Waals surface area contributed by atoms with Crippen molar-refractivity contribution in [1.82, 2.24) is 9.97 Å². The van der Waals surface area contributed by atoms with Crippen LogP contribution in [0.1, 0.15) is 24.1 Å². The number of thiophene rings is 1. The van der Waals surface area contributed by atoms with Crippen LogP contribution >= 0.6 is 11.3 Å². The summed E-state index contributed by atoms with van der Waals surface area (Å²) in [5.41, 5.74) is 2.90. The van der Waals surface area contributed by atoms with Crippen molar-refractivity contribution in [3.05, 3.63) is 72.1 Å². The molecule has 0 aliphatic rings. The highest BCUT2D eigenvalue weighted by Crippen LogP contribution is 2.41. The SMILES string of the molecule is COc1c(CO)cccc1-c1cc2c(NC(C)c3ccccc3)ncnc2s1. The van der Waals surface area contributed by atoms with Crippen LogP contribution in [0.4, 0.5) is 5.82 Å². The molecule has 0 radical (unpaired) electrons. The largest absolute Gasteiger partial charge is 0.496 e. The molecule has 6 heteroatoms. The summed E-state index contributed by atoms with van der Waals surface area (Å²) in [5.74, 6) is 1.50. The number of fused-ring (bicyclic) bond motifs is 1. The topological polar surface area (TPSA) is 67.3 Å². The first-order valence-corrected chi connectivity index (χ1v) is 9.86. The summed E-state index contributed by atoms with van der Waals surface area (Å²) in [7, 11) is 1.62. The summed E-state index contributed by atoms with van der Waals surface area (Å²) < 4.78 is 5.57. The normalized spacial score (nSPS) is 12.1. The first-order valence-electron chi connectivity index (χ1n) is 9.04. The van der Waals surface area contributed by atoms with Crippen molar-refractivity contribution in [2.24, 2.45) is 0 Å². The number of benzene rings is 2. The molecule has 2 aromatic heterocycles. The number of methoxy groups -OCH3 is 1. The molecule has 2 heterocycles. The number of aliphatic hydroxyl groups is 1. The number of rotatable bonds is 6. The van der Waals surface area contributed by atoms with Gasteiger partial charge in [-0.15, -0.1) is 11.3 Å². The second kappa shape index (κ2) is 7.96. The van der Waals surface area contributed by atoms with Crippen molar-refractivity contribution in [3.63, 3.8) is 0 Å². The number of anilines is 1. The van der Waals surface area contributed by atoms with Crippen LogP contribution in [0.3, 0.4) is 0 Å². The molecule has 0 saturated heterocycles. The smallest absolute Gasteiger partial charge is 0.138 e. The average molecular weight is 391 g/mol. The summed E-state index contributed by atoms with van der Waals surface area (Å²) in [4.78, 5) is 10.8. The molecule has 2 N–H and O–H groups in total. The Balaban J connectivity index is 1.74. The predicted molar refractivity (Wildman–Crippen MR) is 114 cm³/mol. The monoisotopic (exact) mass is 391 g/mol. The molecule has 142 valence electrons. The molecule has 2 aromatic carbocycles. The Kier molecular flexibility index (Phi) is 5.23. The van der Waals surface area contributed by atoms with E-state index in [-0.39, 0.29) is 12.6 Å². The van der Waals surface area contributed by atoms with E-state index in [1.807, 2.05) is 36.4 Å². The molecule has 4 rings (SSSR count). The van der Waals surface area contributed by atoms with Crippen LogP contribution in [0.2, 0.25) is 0 Å². The van der Waals surface area contributed by atoms with E-state index in [2.05, 4.69) is 40.4 Å². The van der Waals surface area contributed by atoms with E-state index in [1.165, 1.54) is 5.56 Å². The molecular formula is C22H21N3O2S. The number of nitrogens with one attached hydrogen (secondary N) is 1. The number of para-hydroxylation sites is 1. The third-order valence-electron chi connectivity index (χ3n) is 4.72. The van der Waals surface area contributed by atoms with E-state index in [1.54, 1.807) is 24.8 Å². The van der Waals surface area contributed by atoms with E-state index in [0.29, 0.717) is 5.75 Å². The molecule has 0 aliphatic heterocycles. The highest BCUT2D eigenvalue weighted by molar-refractivity contribution is 7.22. The van der Waals surface area contributed by atoms with Gasteiger partial charge in [0.2, 0.25) is 0 Å². The van der Waals surface area contributed by atoms with Crippen molar-refractivity contribution >= 4 is 27.4 Å². The van der Waals surface area contributed by atoms with Gasteiger partial charge >= 0.3 is 0 Å². The van der Waals surface area contributed by atoms with Crippen LogP contribution in [0.5, 0.6) is 5.75 Å². The standard InChI is InChI=1S/C22H21N3O2S/c1-14(15-7-4-3-5-8-15)25-21-18-11-19(28-22(18)24-13-23-21)17-10-6-9-16(12-26)20(17)27-2/h3-11,13-14,26H,12H2,1-2H3,(H,23,24,25). The molecule has 1 atom stereocenters. The zero-order chi connectivity index (χ0) is 19.5. The fourth-order valence-corrected chi connectivity index (χ4v) is 4.30.